The summed E-state index contributed by atoms with van der Waals surface area (Å²) in [6, 6.07) is 6.89. The second kappa shape index (κ2) is 7.70. The zero-order valence-corrected chi connectivity index (χ0v) is 16.5. The topological polar surface area (TPSA) is 87.7 Å². The van der Waals surface area contributed by atoms with Gasteiger partial charge >= 0.3 is 12.0 Å². The van der Waals surface area contributed by atoms with Crippen LogP contribution in [0.15, 0.2) is 24.3 Å². The highest BCUT2D eigenvalue weighted by Gasteiger charge is 2.33. The molecule has 0 bridgehead atoms. The lowest BCUT2D eigenvalue weighted by molar-refractivity contribution is 0.0696. The van der Waals surface area contributed by atoms with E-state index in [4.69, 9.17) is 4.74 Å². The van der Waals surface area contributed by atoms with E-state index in [0.29, 0.717) is 23.7 Å². The van der Waals surface area contributed by atoms with Crippen molar-refractivity contribution in [1.29, 1.82) is 0 Å². The Morgan fingerprint density at radius 2 is 2.00 bits per heavy atom. The normalized spacial score (nSPS) is 15.1. The van der Waals surface area contributed by atoms with Crippen molar-refractivity contribution in [2.45, 2.75) is 39.7 Å². The Labute approximate surface area is 162 Å². The third kappa shape index (κ3) is 4.31. The van der Waals surface area contributed by atoms with Crippen LogP contribution in [-0.4, -0.2) is 24.2 Å². The van der Waals surface area contributed by atoms with Gasteiger partial charge in [-0.2, -0.15) is 0 Å². The summed E-state index contributed by atoms with van der Waals surface area (Å²) in [5.74, 6) is -1.000. The van der Waals surface area contributed by atoms with E-state index in [1.807, 2.05) is 18.2 Å². The number of carbonyl (C=O) groups excluding carboxylic acids is 1. The Morgan fingerprint density at radius 1 is 1.26 bits per heavy atom. The Hall–Kier alpha value is -2.38. The van der Waals surface area contributed by atoms with Crippen molar-refractivity contribution in [3.63, 3.8) is 0 Å². The number of amides is 2. The van der Waals surface area contributed by atoms with Gasteiger partial charge in [0, 0.05) is 23.2 Å². The van der Waals surface area contributed by atoms with Gasteiger partial charge < -0.3 is 15.2 Å². The lowest BCUT2D eigenvalue weighted by atomic mass is 9.76. The molecule has 7 heteroatoms. The van der Waals surface area contributed by atoms with Crippen molar-refractivity contribution < 1.29 is 19.4 Å². The van der Waals surface area contributed by atoms with Gasteiger partial charge in [0.1, 0.15) is 5.00 Å². The van der Waals surface area contributed by atoms with Crippen LogP contribution in [0.25, 0.3) is 0 Å². The minimum absolute atomic E-state index is 0.0664. The van der Waals surface area contributed by atoms with Crippen molar-refractivity contribution in [3.8, 4) is 0 Å². The second-order valence-electron chi connectivity index (χ2n) is 7.52. The summed E-state index contributed by atoms with van der Waals surface area (Å²) >= 11 is 1.37. The number of fused-ring (bicyclic) bond motifs is 1. The number of hydrogen-bond acceptors (Lipinski definition) is 4. The van der Waals surface area contributed by atoms with Crippen LogP contribution in [0, 0.1) is 5.41 Å². The van der Waals surface area contributed by atoms with Gasteiger partial charge in [-0.05, 0) is 36.3 Å². The molecule has 0 fully saturated rings. The van der Waals surface area contributed by atoms with Crippen LogP contribution >= 0.6 is 11.3 Å². The maximum absolute atomic E-state index is 12.5. The highest BCUT2D eigenvalue weighted by Crippen LogP contribution is 2.43. The third-order valence-electron chi connectivity index (χ3n) is 4.78. The van der Waals surface area contributed by atoms with Crippen molar-refractivity contribution >= 4 is 34.0 Å². The van der Waals surface area contributed by atoms with Crippen LogP contribution in [-0.2, 0) is 24.2 Å². The number of benzene rings is 1. The predicted octanol–water partition coefficient (Wildman–Crippen LogP) is 4.75. The molecule has 0 spiro atoms. The molecule has 3 N–H and O–H groups in total. The molecule has 0 saturated heterocycles. The molecular formula is C20H24N2O4S. The molecule has 3 rings (SSSR count). The van der Waals surface area contributed by atoms with Crippen LogP contribution < -0.4 is 10.6 Å². The SMILES string of the molecule is COCc1ccccc1NC(=O)Nc1sc2c(c1C(=O)O)CC(C)(C)CC2. The number of aryl methyl sites for hydroxylation is 1. The number of hydrogen-bond donors (Lipinski definition) is 3. The number of urea groups is 1. The molecule has 1 heterocycles. The van der Waals surface area contributed by atoms with E-state index in [2.05, 4.69) is 24.5 Å². The quantitative estimate of drug-likeness (QED) is 0.690. The lowest BCUT2D eigenvalue weighted by Gasteiger charge is -2.29. The smallest absolute Gasteiger partial charge is 0.339 e. The number of carboxylic acids is 1. The second-order valence-corrected chi connectivity index (χ2v) is 8.63. The molecule has 144 valence electrons. The summed E-state index contributed by atoms with van der Waals surface area (Å²) in [4.78, 5) is 25.4. The van der Waals surface area contributed by atoms with E-state index in [-0.39, 0.29) is 11.0 Å². The van der Waals surface area contributed by atoms with Gasteiger partial charge in [0.2, 0.25) is 0 Å². The number of ether oxygens (including phenoxy) is 1. The fourth-order valence-electron chi connectivity index (χ4n) is 3.41. The molecule has 2 amide bonds. The molecule has 1 aliphatic carbocycles. The fourth-order valence-corrected chi connectivity index (χ4v) is 4.62. The Balaban J connectivity index is 1.83. The first-order valence-electron chi connectivity index (χ1n) is 8.83. The number of para-hydroxylation sites is 1. The van der Waals surface area contributed by atoms with E-state index < -0.39 is 12.0 Å². The van der Waals surface area contributed by atoms with Crippen LogP contribution in [0.3, 0.4) is 0 Å². The van der Waals surface area contributed by atoms with Crippen molar-refractivity contribution in [2.24, 2.45) is 5.41 Å². The number of carbonyl (C=O) groups is 2. The zero-order valence-electron chi connectivity index (χ0n) is 15.7. The number of carboxylic acid groups (broad SMARTS) is 1. The van der Waals surface area contributed by atoms with E-state index in [9.17, 15) is 14.7 Å². The van der Waals surface area contributed by atoms with Crippen LogP contribution in [0.1, 0.15) is 46.6 Å². The first-order valence-corrected chi connectivity index (χ1v) is 9.65. The summed E-state index contributed by atoms with van der Waals surface area (Å²) in [6.07, 6.45) is 2.56. The molecule has 2 aromatic rings. The predicted molar refractivity (Wildman–Crippen MR) is 107 cm³/mol. The number of aromatic carboxylic acids is 1. The molecule has 1 aromatic heterocycles. The number of rotatable bonds is 5. The van der Waals surface area contributed by atoms with E-state index in [1.54, 1.807) is 13.2 Å². The Bertz CT molecular complexity index is 873. The van der Waals surface area contributed by atoms with Crippen molar-refractivity contribution in [2.75, 3.05) is 17.7 Å². The standard InChI is InChI=1S/C20H24N2O4S/c1-20(2)9-8-15-13(10-20)16(18(23)24)17(27-15)22-19(25)21-14-7-5-4-6-12(14)11-26-3/h4-7H,8-11H2,1-3H3,(H,23,24)(H2,21,22,25). The number of methoxy groups -OCH3 is 1. The van der Waals surface area contributed by atoms with Gasteiger partial charge in [0.05, 0.1) is 12.2 Å². The highest BCUT2D eigenvalue weighted by atomic mass is 32.1. The van der Waals surface area contributed by atoms with Gasteiger partial charge in [-0.25, -0.2) is 9.59 Å². The summed E-state index contributed by atoms with van der Waals surface area (Å²) in [6.45, 7) is 4.66. The largest absolute Gasteiger partial charge is 0.478 e. The monoisotopic (exact) mass is 388 g/mol. The lowest BCUT2D eigenvalue weighted by Crippen LogP contribution is -2.23. The van der Waals surface area contributed by atoms with Gasteiger partial charge in [-0.3, -0.25) is 5.32 Å². The summed E-state index contributed by atoms with van der Waals surface area (Å²) < 4.78 is 5.15. The molecule has 0 atom stereocenters. The molecular weight excluding hydrogens is 364 g/mol. The van der Waals surface area contributed by atoms with E-state index >= 15 is 0 Å². The average Bonchev–Trinajstić information content (AvgIpc) is 2.92. The van der Waals surface area contributed by atoms with E-state index in [1.165, 1.54) is 11.3 Å². The zero-order chi connectivity index (χ0) is 19.6. The van der Waals surface area contributed by atoms with Gasteiger partial charge in [0.15, 0.2) is 0 Å². The van der Waals surface area contributed by atoms with Crippen LogP contribution in [0.2, 0.25) is 0 Å². The van der Waals surface area contributed by atoms with E-state index in [0.717, 1.165) is 28.8 Å². The maximum Gasteiger partial charge on any atom is 0.339 e. The first-order chi connectivity index (χ1) is 12.8. The molecule has 0 aliphatic heterocycles. The summed E-state index contributed by atoms with van der Waals surface area (Å²) in [7, 11) is 1.59. The number of anilines is 2. The minimum Gasteiger partial charge on any atom is -0.478 e. The molecule has 0 unspecified atom stereocenters. The molecule has 27 heavy (non-hydrogen) atoms. The summed E-state index contributed by atoms with van der Waals surface area (Å²) in [5, 5.41) is 15.6. The Kier molecular flexibility index (Phi) is 5.53. The molecule has 0 saturated carbocycles. The molecule has 0 radical (unpaired) electrons. The minimum atomic E-state index is -1.000. The fraction of sp³-hybridized carbons (Fsp3) is 0.400. The molecule has 6 nitrogen and oxygen atoms in total. The first kappa shape index (κ1) is 19.4. The Morgan fingerprint density at radius 3 is 2.70 bits per heavy atom. The van der Waals surface area contributed by atoms with Crippen molar-refractivity contribution in [3.05, 3.63) is 45.8 Å². The van der Waals surface area contributed by atoms with Crippen molar-refractivity contribution in [1.82, 2.24) is 0 Å². The molecule has 1 aliphatic rings. The number of thiophene rings is 1. The van der Waals surface area contributed by atoms with Gasteiger partial charge in [-0.1, -0.05) is 32.0 Å². The molecule has 1 aromatic carbocycles. The van der Waals surface area contributed by atoms with Crippen LogP contribution in [0.4, 0.5) is 15.5 Å². The average molecular weight is 388 g/mol. The van der Waals surface area contributed by atoms with Crippen LogP contribution in [0.5, 0.6) is 0 Å². The van der Waals surface area contributed by atoms with Gasteiger partial charge in [-0.15, -0.1) is 11.3 Å². The summed E-state index contributed by atoms with van der Waals surface area (Å²) in [5.41, 5.74) is 2.63. The maximum atomic E-state index is 12.5. The highest BCUT2D eigenvalue weighted by molar-refractivity contribution is 7.17. The van der Waals surface area contributed by atoms with Gasteiger partial charge in [0.25, 0.3) is 0 Å². The third-order valence-corrected chi connectivity index (χ3v) is 5.99. The number of nitrogens with one attached hydrogen (secondary N) is 2.